The van der Waals surface area contributed by atoms with E-state index in [-0.39, 0.29) is 18.2 Å². The van der Waals surface area contributed by atoms with E-state index in [4.69, 9.17) is 4.74 Å². The first kappa shape index (κ1) is 17.9. The number of para-hydroxylation sites is 3. The van der Waals surface area contributed by atoms with Crippen LogP contribution in [0.2, 0.25) is 0 Å². The molecular formula is C20H22N2O4S. The van der Waals surface area contributed by atoms with Crippen LogP contribution in [0.1, 0.15) is 18.9 Å². The van der Waals surface area contributed by atoms with E-state index in [9.17, 15) is 13.2 Å². The van der Waals surface area contributed by atoms with E-state index < -0.39 is 16.1 Å². The van der Waals surface area contributed by atoms with Crippen molar-refractivity contribution in [3.63, 3.8) is 0 Å². The lowest BCUT2D eigenvalue weighted by atomic mass is 10.0. The molecule has 0 unspecified atom stereocenters. The van der Waals surface area contributed by atoms with Crippen LogP contribution >= 0.6 is 0 Å². The predicted octanol–water partition coefficient (Wildman–Crippen LogP) is 2.58. The van der Waals surface area contributed by atoms with Crippen molar-refractivity contribution in [2.24, 2.45) is 0 Å². The molecule has 0 radical (unpaired) electrons. The average molecular weight is 386 g/mol. The number of carbonyl (C=O) groups excluding carboxylic acids is 1. The van der Waals surface area contributed by atoms with Gasteiger partial charge < -0.3 is 9.64 Å². The Morgan fingerprint density at radius 3 is 2.59 bits per heavy atom. The van der Waals surface area contributed by atoms with Gasteiger partial charge in [-0.25, -0.2) is 8.42 Å². The Morgan fingerprint density at radius 1 is 1.11 bits per heavy atom. The third kappa shape index (κ3) is 3.16. The van der Waals surface area contributed by atoms with Gasteiger partial charge in [-0.2, -0.15) is 0 Å². The first-order valence-electron chi connectivity index (χ1n) is 9.16. The Morgan fingerprint density at radius 2 is 1.81 bits per heavy atom. The topological polar surface area (TPSA) is 66.9 Å². The van der Waals surface area contributed by atoms with Gasteiger partial charge in [-0.1, -0.05) is 30.3 Å². The minimum atomic E-state index is -3.51. The molecule has 2 aromatic rings. The van der Waals surface area contributed by atoms with E-state index in [2.05, 4.69) is 0 Å². The molecule has 1 atom stereocenters. The fourth-order valence-corrected chi connectivity index (χ4v) is 4.81. The smallest absolute Gasteiger partial charge is 0.269 e. The highest BCUT2D eigenvalue weighted by Crippen LogP contribution is 2.36. The summed E-state index contributed by atoms with van der Waals surface area (Å²) in [5, 5.41) is 0. The van der Waals surface area contributed by atoms with Gasteiger partial charge in [0.15, 0.2) is 6.10 Å². The zero-order valence-electron chi connectivity index (χ0n) is 15.2. The second kappa shape index (κ2) is 6.88. The predicted molar refractivity (Wildman–Crippen MR) is 105 cm³/mol. The number of hydrogen-bond acceptors (Lipinski definition) is 4. The summed E-state index contributed by atoms with van der Waals surface area (Å²) in [7, 11) is -3.51. The van der Waals surface area contributed by atoms with Gasteiger partial charge in [0.2, 0.25) is 10.0 Å². The molecule has 0 saturated carbocycles. The van der Waals surface area contributed by atoms with Crippen molar-refractivity contribution >= 4 is 27.3 Å². The fraction of sp³-hybridized carbons (Fsp3) is 0.350. The van der Waals surface area contributed by atoms with Gasteiger partial charge in [0.05, 0.1) is 18.0 Å². The van der Waals surface area contributed by atoms with Crippen LogP contribution in [-0.4, -0.2) is 39.3 Å². The number of hydrogen-bond donors (Lipinski definition) is 0. The average Bonchev–Trinajstić information content (AvgIpc) is 2.72. The number of amides is 1. The third-order valence-corrected chi connectivity index (χ3v) is 6.83. The van der Waals surface area contributed by atoms with Gasteiger partial charge in [-0.3, -0.25) is 9.10 Å². The van der Waals surface area contributed by atoms with Crippen LogP contribution < -0.4 is 13.9 Å². The molecule has 0 fully saturated rings. The first-order chi connectivity index (χ1) is 13.0. The maximum Gasteiger partial charge on any atom is 0.269 e. The number of carbonyl (C=O) groups is 1. The van der Waals surface area contributed by atoms with Crippen LogP contribution in [0.4, 0.5) is 11.4 Å². The molecular weight excluding hydrogens is 364 g/mol. The second-order valence-corrected chi connectivity index (χ2v) is 8.91. The van der Waals surface area contributed by atoms with Gasteiger partial charge >= 0.3 is 0 Å². The summed E-state index contributed by atoms with van der Waals surface area (Å²) in [6, 6.07) is 14.8. The molecule has 0 N–H and O–H groups in total. The summed E-state index contributed by atoms with van der Waals surface area (Å²) >= 11 is 0. The van der Waals surface area contributed by atoms with Gasteiger partial charge in [0.25, 0.3) is 5.91 Å². The number of ether oxygens (including phenoxy) is 1. The normalized spacial score (nSPS) is 19.1. The van der Waals surface area contributed by atoms with Gasteiger partial charge in [0.1, 0.15) is 5.75 Å². The Hall–Kier alpha value is -2.54. The summed E-state index contributed by atoms with van der Waals surface area (Å²) in [5.41, 5.74) is 2.51. The molecule has 1 amide bonds. The third-order valence-electron chi connectivity index (χ3n) is 5.09. The summed E-state index contributed by atoms with van der Waals surface area (Å²) in [6.45, 7) is 2.20. The standard InChI is InChI=1S/C20H22N2O4S/c1-2-27(24,25)22-14-19(26-18-12-6-5-11-17(18)22)20(23)21-13-7-9-15-8-3-4-10-16(15)21/h3-6,8,10-12,19H,2,7,9,13-14H2,1H3/t19-/m1/s1. The Kier molecular flexibility index (Phi) is 4.55. The lowest BCUT2D eigenvalue weighted by Gasteiger charge is -2.38. The van der Waals surface area contributed by atoms with Crippen LogP contribution in [0.5, 0.6) is 5.75 Å². The molecule has 7 heteroatoms. The molecule has 2 aromatic carbocycles. The van der Waals surface area contributed by atoms with Crippen LogP contribution in [0.25, 0.3) is 0 Å². The number of anilines is 2. The lowest BCUT2D eigenvalue weighted by Crippen LogP contribution is -2.53. The Bertz CT molecular complexity index is 973. The molecule has 0 spiro atoms. The summed E-state index contributed by atoms with van der Waals surface area (Å²) < 4.78 is 32.5. The monoisotopic (exact) mass is 386 g/mol. The second-order valence-electron chi connectivity index (χ2n) is 6.73. The SMILES string of the molecule is CCS(=O)(=O)N1C[C@H](C(=O)N2CCCc3ccccc32)Oc2ccccc21. The summed E-state index contributed by atoms with van der Waals surface area (Å²) in [4.78, 5) is 15.0. The highest BCUT2D eigenvalue weighted by Gasteiger charge is 2.38. The Balaban J connectivity index is 1.69. The number of rotatable bonds is 3. The number of aryl methyl sites for hydroxylation is 1. The maximum atomic E-state index is 13.3. The van der Waals surface area contributed by atoms with Crippen LogP contribution in [-0.2, 0) is 21.2 Å². The van der Waals surface area contributed by atoms with Gasteiger partial charge in [0, 0.05) is 12.2 Å². The molecule has 0 aromatic heterocycles. The lowest BCUT2D eigenvalue weighted by molar-refractivity contribution is -0.125. The number of sulfonamides is 1. The zero-order chi connectivity index (χ0) is 19.0. The minimum absolute atomic E-state index is 0.00924. The van der Waals surface area contributed by atoms with E-state index in [0.29, 0.717) is 18.0 Å². The molecule has 0 bridgehead atoms. The quantitative estimate of drug-likeness (QED) is 0.813. The van der Waals surface area contributed by atoms with Gasteiger partial charge in [-0.05, 0) is 43.5 Å². The Labute approximate surface area is 159 Å². The van der Waals surface area contributed by atoms with Crippen molar-refractivity contribution in [1.29, 1.82) is 0 Å². The van der Waals surface area contributed by atoms with Crippen molar-refractivity contribution in [3.8, 4) is 5.75 Å². The van der Waals surface area contributed by atoms with E-state index in [0.717, 1.165) is 24.1 Å². The van der Waals surface area contributed by atoms with E-state index in [1.54, 1.807) is 36.1 Å². The van der Waals surface area contributed by atoms with Crippen LogP contribution in [0.3, 0.4) is 0 Å². The molecule has 4 rings (SSSR count). The van der Waals surface area contributed by atoms with Crippen LogP contribution in [0.15, 0.2) is 48.5 Å². The number of benzene rings is 2. The molecule has 2 aliphatic heterocycles. The fourth-order valence-electron chi connectivity index (χ4n) is 3.69. The highest BCUT2D eigenvalue weighted by molar-refractivity contribution is 7.92. The van der Waals surface area contributed by atoms with E-state index in [1.807, 2.05) is 24.3 Å². The highest BCUT2D eigenvalue weighted by atomic mass is 32.2. The molecule has 0 aliphatic carbocycles. The summed E-state index contributed by atoms with van der Waals surface area (Å²) in [6.07, 6.45) is 0.945. The largest absolute Gasteiger partial charge is 0.476 e. The van der Waals surface area contributed by atoms with E-state index >= 15 is 0 Å². The molecule has 142 valence electrons. The van der Waals surface area contributed by atoms with Crippen LogP contribution in [0, 0.1) is 0 Å². The number of fused-ring (bicyclic) bond motifs is 2. The minimum Gasteiger partial charge on any atom is -0.476 e. The van der Waals surface area contributed by atoms with Crippen molar-refractivity contribution < 1.29 is 17.9 Å². The van der Waals surface area contributed by atoms with E-state index in [1.165, 1.54) is 4.31 Å². The molecule has 2 aliphatic rings. The molecule has 6 nitrogen and oxygen atoms in total. The van der Waals surface area contributed by atoms with Crippen molar-refractivity contribution in [1.82, 2.24) is 0 Å². The molecule has 0 saturated heterocycles. The summed E-state index contributed by atoms with van der Waals surface area (Å²) in [5.74, 6) is 0.187. The first-order valence-corrected chi connectivity index (χ1v) is 10.8. The van der Waals surface area contributed by atoms with Crippen molar-refractivity contribution in [2.45, 2.75) is 25.9 Å². The van der Waals surface area contributed by atoms with Gasteiger partial charge in [-0.15, -0.1) is 0 Å². The zero-order valence-corrected chi connectivity index (χ0v) is 16.0. The van der Waals surface area contributed by atoms with Crippen molar-refractivity contribution in [2.75, 3.05) is 28.0 Å². The molecule has 2 heterocycles. The molecule has 27 heavy (non-hydrogen) atoms. The van der Waals surface area contributed by atoms with Crippen molar-refractivity contribution in [3.05, 3.63) is 54.1 Å². The number of nitrogens with zero attached hydrogens (tertiary/aromatic N) is 2. The maximum absolute atomic E-state index is 13.3.